The second-order valence-corrected chi connectivity index (χ2v) is 9.56. The summed E-state index contributed by atoms with van der Waals surface area (Å²) in [7, 11) is 1.93. The van der Waals surface area contributed by atoms with Crippen LogP contribution in [0.3, 0.4) is 0 Å². The molecule has 1 fully saturated rings. The minimum atomic E-state index is 0.0720. The van der Waals surface area contributed by atoms with Crippen molar-refractivity contribution in [1.29, 1.82) is 0 Å². The van der Waals surface area contributed by atoms with Gasteiger partial charge in [-0.05, 0) is 61.6 Å². The van der Waals surface area contributed by atoms with E-state index in [9.17, 15) is 9.59 Å². The molecule has 3 rings (SSSR count). The number of piperidine rings is 1. The first-order chi connectivity index (χ1) is 15.3. The zero-order valence-electron chi connectivity index (χ0n) is 20.0. The van der Waals surface area contributed by atoms with Crippen LogP contribution < -0.4 is 0 Å². The van der Waals surface area contributed by atoms with Gasteiger partial charge in [-0.15, -0.1) is 0 Å². The van der Waals surface area contributed by atoms with E-state index >= 15 is 0 Å². The summed E-state index contributed by atoms with van der Waals surface area (Å²) in [6.45, 7) is 8.27. The second kappa shape index (κ2) is 11.3. The average Bonchev–Trinajstić information content (AvgIpc) is 3.29. The Morgan fingerprint density at radius 2 is 1.88 bits per heavy atom. The fourth-order valence-corrected chi connectivity index (χ4v) is 4.62. The average molecular weight is 439 g/mol. The summed E-state index contributed by atoms with van der Waals surface area (Å²) >= 11 is 0. The van der Waals surface area contributed by atoms with Gasteiger partial charge in [0.05, 0.1) is 0 Å². The van der Waals surface area contributed by atoms with Crippen LogP contribution in [0.5, 0.6) is 0 Å². The number of rotatable bonds is 9. The molecule has 1 aliphatic heterocycles. The summed E-state index contributed by atoms with van der Waals surface area (Å²) in [6.07, 6.45) is 7.80. The zero-order valence-corrected chi connectivity index (χ0v) is 20.0. The number of carbonyl (C=O) groups excluding carboxylic acids is 2. The SMILES string of the molecule is Cc1ccccc1C[C@H](C1CCN(C(=O)CCC(C)C)CC1)N(C)C(=O)Cn1cccn1. The summed E-state index contributed by atoms with van der Waals surface area (Å²) in [5.74, 6) is 1.26. The Balaban J connectivity index is 1.69. The Kier molecular flexibility index (Phi) is 8.48. The number of nitrogens with zero attached hydrogens (tertiary/aromatic N) is 4. The monoisotopic (exact) mass is 438 g/mol. The first-order valence-electron chi connectivity index (χ1n) is 11.9. The van der Waals surface area contributed by atoms with Crippen molar-refractivity contribution in [3.63, 3.8) is 0 Å². The molecule has 0 spiro atoms. The molecule has 1 aromatic heterocycles. The molecular weight excluding hydrogens is 400 g/mol. The highest BCUT2D eigenvalue weighted by molar-refractivity contribution is 5.76. The van der Waals surface area contributed by atoms with Gasteiger partial charge < -0.3 is 9.80 Å². The van der Waals surface area contributed by atoms with E-state index in [1.54, 1.807) is 10.9 Å². The standard InChI is InChI=1S/C26H38N4O2/c1-20(2)10-11-25(31)29-16-12-22(13-17-29)24(18-23-9-6-5-8-21(23)3)28(4)26(32)19-30-15-7-14-27-30/h5-9,14-15,20,22,24H,10-13,16-19H2,1-4H3/t24-/m1/s1. The predicted octanol–water partition coefficient (Wildman–Crippen LogP) is 3.94. The van der Waals surface area contributed by atoms with Gasteiger partial charge in [0.25, 0.3) is 0 Å². The van der Waals surface area contributed by atoms with E-state index in [0.29, 0.717) is 18.3 Å². The Morgan fingerprint density at radius 1 is 1.16 bits per heavy atom. The molecule has 1 atom stereocenters. The van der Waals surface area contributed by atoms with Crippen LogP contribution in [0.1, 0.15) is 50.7 Å². The quantitative estimate of drug-likeness (QED) is 0.596. The minimum absolute atomic E-state index is 0.0720. The maximum atomic E-state index is 13.1. The molecule has 0 aliphatic carbocycles. The lowest BCUT2D eigenvalue weighted by molar-refractivity contribution is -0.137. The van der Waals surface area contributed by atoms with E-state index < -0.39 is 0 Å². The largest absolute Gasteiger partial charge is 0.343 e. The maximum absolute atomic E-state index is 13.1. The van der Waals surface area contributed by atoms with Crippen molar-refractivity contribution in [1.82, 2.24) is 19.6 Å². The number of hydrogen-bond acceptors (Lipinski definition) is 3. The van der Waals surface area contributed by atoms with Crippen molar-refractivity contribution in [3.05, 3.63) is 53.9 Å². The third-order valence-electron chi connectivity index (χ3n) is 6.81. The number of likely N-dealkylation sites (tertiary alicyclic amines) is 1. The molecule has 2 aromatic rings. The molecule has 0 unspecified atom stereocenters. The first kappa shape index (κ1) is 24.0. The van der Waals surface area contributed by atoms with E-state index in [-0.39, 0.29) is 24.4 Å². The van der Waals surface area contributed by atoms with Crippen molar-refractivity contribution in [2.45, 2.75) is 65.5 Å². The predicted molar refractivity (Wildman–Crippen MR) is 127 cm³/mol. The van der Waals surface area contributed by atoms with Gasteiger partial charge in [0.2, 0.25) is 11.8 Å². The summed E-state index contributed by atoms with van der Waals surface area (Å²) in [5.41, 5.74) is 2.54. The molecule has 0 radical (unpaired) electrons. The first-order valence-corrected chi connectivity index (χ1v) is 11.9. The highest BCUT2D eigenvalue weighted by Gasteiger charge is 2.33. The Bertz CT molecular complexity index is 870. The molecule has 6 nitrogen and oxygen atoms in total. The number of aryl methyl sites for hydroxylation is 1. The highest BCUT2D eigenvalue weighted by Crippen LogP contribution is 2.28. The van der Waals surface area contributed by atoms with Crippen LogP contribution in [-0.4, -0.2) is 57.6 Å². The molecule has 174 valence electrons. The topological polar surface area (TPSA) is 58.4 Å². The third-order valence-corrected chi connectivity index (χ3v) is 6.81. The minimum Gasteiger partial charge on any atom is -0.343 e. The molecule has 2 heterocycles. The van der Waals surface area contributed by atoms with Crippen molar-refractivity contribution >= 4 is 11.8 Å². The molecule has 0 N–H and O–H groups in total. The lowest BCUT2D eigenvalue weighted by Gasteiger charge is -2.40. The third kappa shape index (κ3) is 6.44. The van der Waals surface area contributed by atoms with Gasteiger partial charge in [0.15, 0.2) is 0 Å². The smallest absolute Gasteiger partial charge is 0.244 e. The van der Waals surface area contributed by atoms with E-state index in [1.807, 2.05) is 29.1 Å². The van der Waals surface area contributed by atoms with Gasteiger partial charge in [0.1, 0.15) is 6.54 Å². The van der Waals surface area contributed by atoms with Gasteiger partial charge in [0, 0.05) is 45.0 Å². The summed E-state index contributed by atoms with van der Waals surface area (Å²) < 4.78 is 1.68. The van der Waals surface area contributed by atoms with Crippen LogP contribution in [0, 0.1) is 18.8 Å². The molecule has 1 aromatic carbocycles. The lowest BCUT2D eigenvalue weighted by Crippen LogP contribution is -2.49. The van der Waals surface area contributed by atoms with Crippen LogP contribution in [0.25, 0.3) is 0 Å². The molecular formula is C26H38N4O2. The Labute approximate surface area is 192 Å². The molecule has 1 saturated heterocycles. The number of amides is 2. The van der Waals surface area contributed by atoms with E-state index in [4.69, 9.17) is 0 Å². The van der Waals surface area contributed by atoms with Gasteiger partial charge in [-0.2, -0.15) is 5.10 Å². The van der Waals surface area contributed by atoms with Gasteiger partial charge >= 0.3 is 0 Å². The van der Waals surface area contributed by atoms with Crippen molar-refractivity contribution in [2.75, 3.05) is 20.1 Å². The number of carbonyl (C=O) groups is 2. The van der Waals surface area contributed by atoms with E-state index in [2.05, 4.69) is 50.1 Å². The summed E-state index contributed by atoms with van der Waals surface area (Å²) in [5, 5.41) is 4.19. The highest BCUT2D eigenvalue weighted by atomic mass is 16.2. The van der Waals surface area contributed by atoms with Crippen LogP contribution in [0.15, 0.2) is 42.7 Å². The maximum Gasteiger partial charge on any atom is 0.244 e. The Hall–Kier alpha value is -2.63. The lowest BCUT2D eigenvalue weighted by atomic mass is 9.84. The molecule has 32 heavy (non-hydrogen) atoms. The molecule has 0 saturated carbocycles. The number of benzene rings is 1. The van der Waals surface area contributed by atoms with Crippen molar-refractivity contribution in [3.8, 4) is 0 Å². The number of likely N-dealkylation sites (N-methyl/N-ethyl adjacent to an activating group) is 1. The normalized spacial score (nSPS) is 15.7. The fraction of sp³-hybridized carbons (Fsp3) is 0.577. The van der Waals surface area contributed by atoms with Crippen LogP contribution in [-0.2, 0) is 22.6 Å². The number of hydrogen-bond donors (Lipinski definition) is 0. The van der Waals surface area contributed by atoms with Crippen LogP contribution in [0.2, 0.25) is 0 Å². The fourth-order valence-electron chi connectivity index (χ4n) is 4.62. The van der Waals surface area contributed by atoms with Crippen LogP contribution in [0.4, 0.5) is 0 Å². The zero-order chi connectivity index (χ0) is 23.1. The van der Waals surface area contributed by atoms with Gasteiger partial charge in [-0.3, -0.25) is 14.3 Å². The molecule has 1 aliphatic rings. The van der Waals surface area contributed by atoms with Crippen molar-refractivity contribution in [2.24, 2.45) is 11.8 Å². The second-order valence-electron chi connectivity index (χ2n) is 9.56. The molecule has 0 bridgehead atoms. The number of aromatic nitrogens is 2. The summed E-state index contributed by atoms with van der Waals surface area (Å²) in [6, 6.07) is 10.4. The molecule has 6 heteroatoms. The Morgan fingerprint density at radius 3 is 2.50 bits per heavy atom. The van der Waals surface area contributed by atoms with Crippen molar-refractivity contribution < 1.29 is 9.59 Å². The van der Waals surface area contributed by atoms with E-state index in [1.165, 1.54) is 11.1 Å². The van der Waals surface area contributed by atoms with Crippen LogP contribution >= 0.6 is 0 Å². The van der Waals surface area contributed by atoms with Gasteiger partial charge in [-0.1, -0.05) is 38.1 Å². The van der Waals surface area contributed by atoms with E-state index in [0.717, 1.165) is 38.8 Å². The summed E-state index contributed by atoms with van der Waals surface area (Å²) in [4.78, 5) is 29.6. The molecule has 2 amide bonds. The van der Waals surface area contributed by atoms with Gasteiger partial charge in [-0.25, -0.2) is 0 Å².